The normalized spacial score (nSPS) is 12.1. The number of nitrogens with zero attached hydrogens (tertiary/aromatic N) is 3. The number of hydrogen-bond donors (Lipinski definition) is 1. The minimum Gasteiger partial charge on any atom is -0.306 e. The molecule has 4 nitrogen and oxygen atoms in total. The molecule has 0 radical (unpaired) electrons. The summed E-state index contributed by atoms with van der Waals surface area (Å²) in [5.41, 5.74) is 1.16. The molecule has 0 atom stereocenters. The average molecular weight is 222 g/mol. The molecule has 0 aromatic carbocycles. The van der Waals surface area contributed by atoms with Crippen LogP contribution in [0.1, 0.15) is 32.3 Å². The van der Waals surface area contributed by atoms with Gasteiger partial charge in [0.05, 0.1) is 12.2 Å². The van der Waals surface area contributed by atoms with E-state index in [1.807, 2.05) is 26.4 Å². The van der Waals surface area contributed by atoms with E-state index >= 15 is 0 Å². The fourth-order valence-electron chi connectivity index (χ4n) is 1.25. The zero-order chi connectivity index (χ0) is 12.2. The lowest BCUT2D eigenvalue weighted by Gasteiger charge is -2.20. The summed E-state index contributed by atoms with van der Waals surface area (Å²) in [7, 11) is 4.03. The summed E-state index contributed by atoms with van der Waals surface area (Å²) in [6.07, 6.45) is 1.82. The van der Waals surface area contributed by atoms with Gasteiger partial charge in [0.1, 0.15) is 5.82 Å². The van der Waals surface area contributed by atoms with Crippen molar-refractivity contribution in [3.63, 3.8) is 0 Å². The van der Waals surface area contributed by atoms with Crippen LogP contribution in [0.3, 0.4) is 0 Å². The van der Waals surface area contributed by atoms with Gasteiger partial charge < -0.3 is 10.2 Å². The van der Waals surface area contributed by atoms with Crippen molar-refractivity contribution in [3.8, 4) is 0 Å². The van der Waals surface area contributed by atoms with E-state index in [1.54, 1.807) is 0 Å². The molecule has 0 fully saturated rings. The maximum Gasteiger partial charge on any atom is 0.142 e. The van der Waals surface area contributed by atoms with E-state index in [1.165, 1.54) is 0 Å². The molecule has 0 saturated carbocycles. The predicted molar refractivity (Wildman–Crippen MR) is 66.0 cm³/mol. The first-order valence-electron chi connectivity index (χ1n) is 5.57. The third-order valence-electron chi connectivity index (χ3n) is 2.02. The first-order valence-corrected chi connectivity index (χ1v) is 5.57. The Balaban J connectivity index is 2.60. The Morgan fingerprint density at radius 2 is 2.00 bits per heavy atom. The Kier molecular flexibility index (Phi) is 4.38. The number of hydrogen-bond acceptors (Lipinski definition) is 4. The van der Waals surface area contributed by atoms with Gasteiger partial charge in [-0.05, 0) is 40.9 Å². The maximum absolute atomic E-state index is 4.50. The molecular formula is C12H22N4. The first-order chi connectivity index (χ1) is 7.37. The van der Waals surface area contributed by atoms with Gasteiger partial charge in [0, 0.05) is 18.3 Å². The summed E-state index contributed by atoms with van der Waals surface area (Å²) < 4.78 is 0. The topological polar surface area (TPSA) is 41.1 Å². The number of rotatable bonds is 4. The third-order valence-corrected chi connectivity index (χ3v) is 2.02. The molecular weight excluding hydrogens is 200 g/mol. The molecule has 0 saturated heterocycles. The summed E-state index contributed by atoms with van der Waals surface area (Å²) >= 11 is 0. The molecule has 0 spiro atoms. The van der Waals surface area contributed by atoms with E-state index in [9.17, 15) is 0 Å². The van der Waals surface area contributed by atoms with Crippen LogP contribution < -0.4 is 5.32 Å². The van der Waals surface area contributed by atoms with Crippen LogP contribution in [0.25, 0.3) is 0 Å². The fraction of sp³-hybridized carbons (Fsp3) is 0.667. The van der Waals surface area contributed by atoms with Crippen molar-refractivity contribution >= 4 is 0 Å². The lowest BCUT2D eigenvalue weighted by atomic mass is 10.1. The van der Waals surface area contributed by atoms with Crippen LogP contribution in [0.5, 0.6) is 0 Å². The van der Waals surface area contributed by atoms with Crippen LogP contribution in [-0.4, -0.2) is 34.5 Å². The van der Waals surface area contributed by atoms with Crippen molar-refractivity contribution in [2.24, 2.45) is 0 Å². The van der Waals surface area contributed by atoms with Gasteiger partial charge in [-0.2, -0.15) is 0 Å². The molecule has 0 aliphatic carbocycles. The molecule has 0 amide bonds. The zero-order valence-corrected chi connectivity index (χ0v) is 10.9. The Labute approximate surface area is 98.1 Å². The van der Waals surface area contributed by atoms with Gasteiger partial charge in [0.25, 0.3) is 0 Å². The molecule has 0 bridgehead atoms. The van der Waals surface area contributed by atoms with Crippen molar-refractivity contribution in [2.75, 3.05) is 14.1 Å². The second kappa shape index (κ2) is 5.37. The smallest absolute Gasteiger partial charge is 0.142 e. The SMILES string of the molecule is CN(C)Cc1nccc(CNC(C)(C)C)n1. The monoisotopic (exact) mass is 222 g/mol. The number of nitrogens with one attached hydrogen (secondary N) is 1. The average Bonchev–Trinajstić information content (AvgIpc) is 2.13. The van der Waals surface area contributed by atoms with E-state index < -0.39 is 0 Å². The summed E-state index contributed by atoms with van der Waals surface area (Å²) in [6.45, 7) is 8.01. The van der Waals surface area contributed by atoms with E-state index in [0.717, 1.165) is 24.6 Å². The molecule has 1 aromatic rings. The first kappa shape index (κ1) is 13.1. The Morgan fingerprint density at radius 3 is 2.56 bits per heavy atom. The van der Waals surface area contributed by atoms with Crippen molar-refractivity contribution < 1.29 is 0 Å². The van der Waals surface area contributed by atoms with Gasteiger partial charge in [-0.3, -0.25) is 0 Å². The fourth-order valence-corrected chi connectivity index (χ4v) is 1.25. The van der Waals surface area contributed by atoms with E-state index in [2.05, 4.69) is 41.0 Å². The lowest BCUT2D eigenvalue weighted by Crippen LogP contribution is -2.35. The second-order valence-electron chi connectivity index (χ2n) is 5.31. The van der Waals surface area contributed by atoms with Gasteiger partial charge >= 0.3 is 0 Å². The molecule has 1 rings (SSSR count). The van der Waals surface area contributed by atoms with Gasteiger partial charge in [-0.1, -0.05) is 0 Å². The van der Waals surface area contributed by atoms with Gasteiger partial charge in [-0.15, -0.1) is 0 Å². The Hall–Kier alpha value is -1.00. The van der Waals surface area contributed by atoms with Crippen LogP contribution in [0.2, 0.25) is 0 Å². The predicted octanol–water partition coefficient (Wildman–Crippen LogP) is 1.43. The Bertz CT molecular complexity index is 328. The maximum atomic E-state index is 4.50. The summed E-state index contributed by atoms with van der Waals surface area (Å²) in [4.78, 5) is 10.8. The van der Waals surface area contributed by atoms with Crippen LogP contribution in [0, 0.1) is 0 Å². The van der Waals surface area contributed by atoms with Gasteiger partial charge in [0.2, 0.25) is 0 Å². The molecule has 16 heavy (non-hydrogen) atoms. The zero-order valence-electron chi connectivity index (χ0n) is 10.9. The highest BCUT2D eigenvalue weighted by atomic mass is 15.1. The largest absolute Gasteiger partial charge is 0.306 e. The van der Waals surface area contributed by atoms with Gasteiger partial charge in [-0.25, -0.2) is 9.97 Å². The molecule has 1 N–H and O–H groups in total. The molecule has 0 aliphatic rings. The summed E-state index contributed by atoms with van der Waals surface area (Å²) in [6, 6.07) is 1.96. The molecule has 4 heteroatoms. The summed E-state index contributed by atoms with van der Waals surface area (Å²) in [5, 5.41) is 3.41. The van der Waals surface area contributed by atoms with Crippen molar-refractivity contribution in [1.82, 2.24) is 20.2 Å². The van der Waals surface area contributed by atoms with E-state index in [4.69, 9.17) is 0 Å². The quantitative estimate of drug-likeness (QED) is 0.836. The minimum atomic E-state index is 0.118. The van der Waals surface area contributed by atoms with E-state index in [-0.39, 0.29) is 5.54 Å². The molecule has 1 heterocycles. The van der Waals surface area contributed by atoms with E-state index in [0.29, 0.717) is 0 Å². The third kappa shape index (κ3) is 5.19. The Morgan fingerprint density at radius 1 is 1.31 bits per heavy atom. The highest BCUT2D eigenvalue weighted by molar-refractivity contribution is 5.02. The molecule has 0 aliphatic heterocycles. The molecule has 1 aromatic heterocycles. The van der Waals surface area contributed by atoms with Crippen LogP contribution >= 0.6 is 0 Å². The molecule has 90 valence electrons. The highest BCUT2D eigenvalue weighted by Gasteiger charge is 2.09. The second-order valence-corrected chi connectivity index (χ2v) is 5.31. The van der Waals surface area contributed by atoms with Crippen molar-refractivity contribution in [3.05, 3.63) is 23.8 Å². The van der Waals surface area contributed by atoms with Crippen LogP contribution in [0.4, 0.5) is 0 Å². The van der Waals surface area contributed by atoms with Crippen molar-refractivity contribution in [2.45, 2.75) is 39.4 Å². The highest BCUT2D eigenvalue weighted by Crippen LogP contribution is 2.03. The summed E-state index contributed by atoms with van der Waals surface area (Å²) in [5.74, 6) is 0.873. The lowest BCUT2D eigenvalue weighted by molar-refractivity contribution is 0.387. The minimum absolute atomic E-state index is 0.118. The van der Waals surface area contributed by atoms with Crippen molar-refractivity contribution in [1.29, 1.82) is 0 Å². The number of aromatic nitrogens is 2. The standard InChI is InChI=1S/C12H22N4/c1-12(2,3)14-8-10-6-7-13-11(15-10)9-16(4)5/h6-7,14H,8-9H2,1-5H3. The van der Waals surface area contributed by atoms with Gasteiger partial charge in [0.15, 0.2) is 0 Å². The molecule has 0 unspecified atom stereocenters. The van der Waals surface area contributed by atoms with Crippen LogP contribution in [-0.2, 0) is 13.1 Å². The van der Waals surface area contributed by atoms with Crippen LogP contribution in [0.15, 0.2) is 12.3 Å².